The van der Waals surface area contributed by atoms with Gasteiger partial charge >= 0.3 is 0 Å². The van der Waals surface area contributed by atoms with Gasteiger partial charge < -0.3 is 0 Å². The van der Waals surface area contributed by atoms with Gasteiger partial charge in [-0.25, -0.2) is 0 Å². The minimum Gasteiger partial charge on any atom is -0.0876 e. The number of alkyl halides is 1. The van der Waals surface area contributed by atoms with Crippen LogP contribution in [0, 0.1) is 0 Å². The number of rotatable bonds is 2. The Kier molecular flexibility index (Phi) is 3.37. The van der Waals surface area contributed by atoms with E-state index in [0.29, 0.717) is 0 Å². The van der Waals surface area contributed by atoms with Crippen LogP contribution in [0.5, 0.6) is 0 Å². The molecular weight excluding hydrogens is 200 g/mol. The van der Waals surface area contributed by atoms with E-state index < -0.39 is 0 Å². The molecule has 0 aliphatic heterocycles. The average molecular weight is 211 g/mol. The summed E-state index contributed by atoms with van der Waals surface area (Å²) in [7, 11) is 0. The van der Waals surface area contributed by atoms with E-state index >= 15 is 0 Å². The zero-order valence-corrected chi connectivity index (χ0v) is 8.14. The molecule has 0 fully saturated rings. The summed E-state index contributed by atoms with van der Waals surface area (Å²) in [5, 5.41) is 0.929. The first kappa shape index (κ1) is 8.54. The van der Waals surface area contributed by atoms with Crippen molar-refractivity contribution >= 4 is 22.0 Å². The van der Waals surface area contributed by atoms with Gasteiger partial charge in [-0.1, -0.05) is 52.3 Å². The van der Waals surface area contributed by atoms with Crippen molar-refractivity contribution < 1.29 is 0 Å². The molecule has 0 amide bonds. The third kappa shape index (κ3) is 2.51. The molecule has 0 spiro atoms. The van der Waals surface area contributed by atoms with Gasteiger partial charge in [0.05, 0.1) is 0 Å². The molecule has 0 bridgehead atoms. The molecule has 1 aromatic carbocycles. The van der Waals surface area contributed by atoms with E-state index in [1.54, 1.807) is 0 Å². The van der Waals surface area contributed by atoms with E-state index in [1.165, 1.54) is 11.1 Å². The summed E-state index contributed by atoms with van der Waals surface area (Å²) in [6.45, 7) is 2.03. The van der Waals surface area contributed by atoms with Crippen LogP contribution >= 0.6 is 15.9 Å². The van der Waals surface area contributed by atoms with Gasteiger partial charge in [0.2, 0.25) is 0 Å². The minimum absolute atomic E-state index is 0.929. The lowest BCUT2D eigenvalue weighted by atomic mass is 10.1. The Morgan fingerprint density at radius 2 is 2.27 bits per heavy atom. The van der Waals surface area contributed by atoms with Gasteiger partial charge in [0.15, 0.2) is 0 Å². The molecule has 0 saturated heterocycles. The van der Waals surface area contributed by atoms with E-state index in [-0.39, 0.29) is 0 Å². The maximum absolute atomic E-state index is 3.42. The predicted molar refractivity (Wildman–Crippen MR) is 53.8 cm³/mol. The van der Waals surface area contributed by atoms with E-state index in [1.807, 2.05) is 13.0 Å². The molecule has 0 radical (unpaired) electrons. The summed E-state index contributed by atoms with van der Waals surface area (Å²) in [5.41, 5.74) is 2.59. The van der Waals surface area contributed by atoms with Crippen LogP contribution in [-0.4, -0.2) is 0 Å². The summed E-state index contributed by atoms with van der Waals surface area (Å²) in [6.07, 6.45) is 4.15. The van der Waals surface area contributed by atoms with E-state index in [9.17, 15) is 0 Å². The summed E-state index contributed by atoms with van der Waals surface area (Å²) < 4.78 is 0. The Morgan fingerprint density at radius 3 is 2.91 bits per heavy atom. The van der Waals surface area contributed by atoms with Crippen LogP contribution in [0.4, 0.5) is 0 Å². The van der Waals surface area contributed by atoms with Gasteiger partial charge in [-0.3, -0.25) is 0 Å². The third-order valence-corrected chi connectivity index (χ3v) is 2.11. The maximum Gasteiger partial charge on any atom is 0.0283 e. The number of allylic oxidation sites excluding steroid dienone is 1. The lowest BCUT2D eigenvalue weighted by Crippen LogP contribution is -1.77. The summed E-state index contributed by atoms with van der Waals surface area (Å²) in [6, 6.07) is 8.47. The number of hydrogen-bond acceptors (Lipinski definition) is 0. The van der Waals surface area contributed by atoms with Gasteiger partial charge in [0.25, 0.3) is 0 Å². The number of benzene rings is 1. The molecule has 1 heteroatoms. The Bertz CT molecular complexity index is 251. The number of hydrogen-bond donors (Lipinski definition) is 0. The molecule has 0 N–H and O–H groups in total. The van der Waals surface area contributed by atoms with Crippen LogP contribution in [0.2, 0.25) is 0 Å². The highest BCUT2D eigenvalue weighted by atomic mass is 79.9. The zero-order valence-electron chi connectivity index (χ0n) is 6.55. The minimum atomic E-state index is 0.929. The fourth-order valence-corrected chi connectivity index (χ4v) is 1.32. The Morgan fingerprint density at radius 1 is 1.45 bits per heavy atom. The molecule has 0 atom stereocenters. The van der Waals surface area contributed by atoms with E-state index in [4.69, 9.17) is 0 Å². The quantitative estimate of drug-likeness (QED) is 0.655. The maximum atomic E-state index is 3.42. The average Bonchev–Trinajstić information content (AvgIpc) is 2.06. The first-order chi connectivity index (χ1) is 5.36. The second-order valence-electron chi connectivity index (χ2n) is 2.38. The fraction of sp³-hybridized carbons (Fsp3) is 0.200. The Balaban J connectivity index is 2.91. The highest BCUT2D eigenvalue weighted by molar-refractivity contribution is 9.08. The second-order valence-corrected chi connectivity index (χ2v) is 2.94. The predicted octanol–water partition coefficient (Wildman–Crippen LogP) is 3.61. The SMILES string of the molecule is CC=Cc1cccc(CBr)c1. The largest absolute Gasteiger partial charge is 0.0876 e. The molecule has 1 rings (SSSR count). The van der Waals surface area contributed by atoms with Crippen LogP contribution in [0.3, 0.4) is 0 Å². The smallest absolute Gasteiger partial charge is 0.0283 e. The highest BCUT2D eigenvalue weighted by Gasteiger charge is 1.89. The molecule has 11 heavy (non-hydrogen) atoms. The topological polar surface area (TPSA) is 0 Å². The van der Waals surface area contributed by atoms with E-state index in [0.717, 1.165) is 5.33 Å². The monoisotopic (exact) mass is 210 g/mol. The molecule has 0 nitrogen and oxygen atoms in total. The van der Waals surface area contributed by atoms with Crippen molar-refractivity contribution in [3.63, 3.8) is 0 Å². The molecular formula is C10H11Br. The first-order valence-electron chi connectivity index (χ1n) is 3.64. The van der Waals surface area contributed by atoms with Crippen molar-refractivity contribution in [2.75, 3.05) is 0 Å². The van der Waals surface area contributed by atoms with Crippen molar-refractivity contribution in [1.29, 1.82) is 0 Å². The normalized spacial score (nSPS) is 10.7. The van der Waals surface area contributed by atoms with Gasteiger partial charge in [0.1, 0.15) is 0 Å². The third-order valence-electron chi connectivity index (χ3n) is 1.46. The van der Waals surface area contributed by atoms with Crippen molar-refractivity contribution in [3.05, 3.63) is 41.5 Å². The lowest BCUT2D eigenvalue weighted by molar-refractivity contribution is 1.43. The molecule has 0 aliphatic rings. The zero-order chi connectivity index (χ0) is 8.10. The number of halogens is 1. The molecule has 0 aromatic heterocycles. The van der Waals surface area contributed by atoms with Crippen molar-refractivity contribution in [1.82, 2.24) is 0 Å². The van der Waals surface area contributed by atoms with Crippen molar-refractivity contribution in [3.8, 4) is 0 Å². The summed E-state index contributed by atoms with van der Waals surface area (Å²) >= 11 is 3.42. The van der Waals surface area contributed by atoms with Crippen molar-refractivity contribution in [2.24, 2.45) is 0 Å². The van der Waals surface area contributed by atoms with Crippen LogP contribution in [0.25, 0.3) is 6.08 Å². The first-order valence-corrected chi connectivity index (χ1v) is 4.76. The Labute approximate surface area is 76.1 Å². The van der Waals surface area contributed by atoms with Crippen LogP contribution in [-0.2, 0) is 5.33 Å². The standard InChI is InChI=1S/C10H11Br/c1-2-4-9-5-3-6-10(7-9)8-11/h2-7H,8H2,1H3. The van der Waals surface area contributed by atoms with Gasteiger partial charge in [0, 0.05) is 5.33 Å². The van der Waals surface area contributed by atoms with Crippen LogP contribution in [0.1, 0.15) is 18.1 Å². The summed E-state index contributed by atoms with van der Waals surface area (Å²) in [5.74, 6) is 0. The second kappa shape index (κ2) is 4.35. The molecule has 0 heterocycles. The van der Waals surface area contributed by atoms with Gasteiger partial charge in [-0.05, 0) is 18.1 Å². The van der Waals surface area contributed by atoms with Gasteiger partial charge in [-0.2, -0.15) is 0 Å². The van der Waals surface area contributed by atoms with Crippen LogP contribution < -0.4 is 0 Å². The summed E-state index contributed by atoms with van der Waals surface area (Å²) in [4.78, 5) is 0. The lowest BCUT2D eigenvalue weighted by Gasteiger charge is -1.96. The fourth-order valence-electron chi connectivity index (χ4n) is 0.972. The molecule has 0 unspecified atom stereocenters. The van der Waals surface area contributed by atoms with E-state index in [2.05, 4.69) is 46.3 Å². The molecule has 1 aromatic rings. The molecule has 0 aliphatic carbocycles. The molecule has 58 valence electrons. The van der Waals surface area contributed by atoms with Crippen molar-refractivity contribution in [2.45, 2.75) is 12.3 Å². The Hall–Kier alpha value is -0.560. The molecule has 0 saturated carbocycles. The highest BCUT2D eigenvalue weighted by Crippen LogP contribution is 2.09. The van der Waals surface area contributed by atoms with Gasteiger partial charge in [-0.15, -0.1) is 0 Å². The van der Waals surface area contributed by atoms with Crippen LogP contribution in [0.15, 0.2) is 30.3 Å².